The molecule has 1 aliphatic rings. The van der Waals surface area contributed by atoms with Crippen LogP contribution in [0.1, 0.15) is 16.7 Å². The fraction of sp³-hybridized carbons (Fsp3) is 0.429. The zero-order valence-corrected chi connectivity index (χ0v) is 19.8. The Kier molecular flexibility index (Phi) is 10.7. The van der Waals surface area contributed by atoms with Gasteiger partial charge in [-0.1, -0.05) is 41.9 Å². The first-order valence-electron chi connectivity index (χ1n) is 9.66. The van der Waals surface area contributed by atoms with E-state index >= 15 is 0 Å². The van der Waals surface area contributed by atoms with Gasteiger partial charge in [0.05, 0.1) is 13.2 Å². The predicted octanol–water partition coefficient (Wildman–Crippen LogP) is 3.09. The third kappa shape index (κ3) is 8.08. The second-order valence-corrected chi connectivity index (χ2v) is 7.14. The summed E-state index contributed by atoms with van der Waals surface area (Å²) in [5, 5.41) is 7.29. The summed E-state index contributed by atoms with van der Waals surface area (Å²) in [6.07, 6.45) is 2.67. The van der Waals surface area contributed by atoms with Crippen molar-refractivity contribution in [3.05, 3.63) is 64.4 Å². The fourth-order valence-corrected chi connectivity index (χ4v) is 3.28. The zero-order chi connectivity index (χ0) is 19.6. The molecule has 6 nitrogen and oxygen atoms in total. The summed E-state index contributed by atoms with van der Waals surface area (Å²) in [5.41, 5.74) is 3.78. The number of benzene rings is 1. The number of halogens is 2. The van der Waals surface area contributed by atoms with Gasteiger partial charge in [-0.15, -0.1) is 24.0 Å². The Hall–Kier alpha value is -1.42. The van der Waals surface area contributed by atoms with Crippen LogP contribution in [0.25, 0.3) is 0 Å². The van der Waals surface area contributed by atoms with E-state index < -0.39 is 0 Å². The Morgan fingerprint density at radius 1 is 1.14 bits per heavy atom. The number of hydrogen-bond acceptors (Lipinski definition) is 4. The van der Waals surface area contributed by atoms with E-state index in [9.17, 15) is 0 Å². The van der Waals surface area contributed by atoms with Crippen molar-refractivity contribution in [3.63, 3.8) is 0 Å². The molecule has 8 heteroatoms. The molecule has 2 N–H and O–H groups in total. The monoisotopic (exact) mass is 529 g/mol. The van der Waals surface area contributed by atoms with E-state index in [-0.39, 0.29) is 24.0 Å². The molecule has 1 aromatic carbocycles. The van der Waals surface area contributed by atoms with Gasteiger partial charge < -0.3 is 15.4 Å². The molecule has 0 aliphatic carbocycles. The second-order valence-electron chi connectivity index (χ2n) is 6.75. The average molecular weight is 530 g/mol. The molecule has 0 saturated carbocycles. The van der Waals surface area contributed by atoms with Crippen molar-refractivity contribution in [2.45, 2.75) is 19.5 Å². The first-order valence-corrected chi connectivity index (χ1v) is 10.0. The van der Waals surface area contributed by atoms with Crippen LogP contribution >= 0.6 is 35.6 Å². The van der Waals surface area contributed by atoms with Crippen molar-refractivity contribution in [1.82, 2.24) is 20.5 Å². The van der Waals surface area contributed by atoms with Crippen molar-refractivity contribution in [3.8, 4) is 0 Å². The molecule has 0 amide bonds. The summed E-state index contributed by atoms with van der Waals surface area (Å²) in [7, 11) is 1.79. The Labute approximate surface area is 195 Å². The van der Waals surface area contributed by atoms with Crippen molar-refractivity contribution in [2.75, 3.05) is 39.9 Å². The van der Waals surface area contributed by atoms with Gasteiger partial charge in [0, 0.05) is 46.0 Å². The van der Waals surface area contributed by atoms with Crippen LogP contribution in [0.15, 0.2) is 47.6 Å². The molecule has 2 heterocycles. The molecule has 0 atom stereocenters. The average Bonchev–Trinajstić information content (AvgIpc) is 2.73. The van der Waals surface area contributed by atoms with E-state index in [4.69, 9.17) is 16.3 Å². The maximum absolute atomic E-state index is 5.83. The summed E-state index contributed by atoms with van der Waals surface area (Å²) >= 11 is 5.83. The smallest absolute Gasteiger partial charge is 0.191 e. The van der Waals surface area contributed by atoms with Gasteiger partial charge >= 0.3 is 0 Å². The summed E-state index contributed by atoms with van der Waals surface area (Å²) in [6, 6.07) is 12.4. The first kappa shape index (κ1) is 23.9. The van der Waals surface area contributed by atoms with Crippen molar-refractivity contribution in [2.24, 2.45) is 4.99 Å². The van der Waals surface area contributed by atoms with Crippen LogP contribution in [-0.2, 0) is 24.2 Å². The highest BCUT2D eigenvalue weighted by atomic mass is 127. The number of guanidine groups is 1. The fourth-order valence-electron chi connectivity index (χ4n) is 3.16. The van der Waals surface area contributed by atoms with Crippen LogP contribution in [0.3, 0.4) is 0 Å². The summed E-state index contributed by atoms with van der Waals surface area (Å²) in [4.78, 5) is 10.9. The second kappa shape index (κ2) is 13.0. The van der Waals surface area contributed by atoms with Crippen LogP contribution < -0.4 is 10.6 Å². The normalized spacial score (nSPS) is 14.9. The number of rotatable bonds is 7. The van der Waals surface area contributed by atoms with Crippen molar-refractivity contribution < 1.29 is 4.74 Å². The topological polar surface area (TPSA) is 61.8 Å². The standard InChI is InChI=1S/C21H28ClN5O.HI/c1-23-21(24-9-8-17-6-7-20(22)25-14-17)26-15-18-4-2-3-5-19(18)16-27-10-12-28-13-11-27;/h2-7,14H,8-13,15-16H2,1H3,(H2,23,24,26);1H. The third-order valence-electron chi connectivity index (χ3n) is 4.78. The van der Waals surface area contributed by atoms with E-state index in [1.54, 1.807) is 7.05 Å². The molecule has 0 unspecified atom stereocenters. The minimum atomic E-state index is 0. The highest BCUT2D eigenvalue weighted by molar-refractivity contribution is 14.0. The Morgan fingerprint density at radius 3 is 2.59 bits per heavy atom. The molecule has 29 heavy (non-hydrogen) atoms. The highest BCUT2D eigenvalue weighted by Gasteiger charge is 2.12. The number of aromatic nitrogens is 1. The van der Waals surface area contributed by atoms with E-state index in [1.807, 2.05) is 18.3 Å². The number of pyridine rings is 1. The number of nitrogens with zero attached hydrogens (tertiary/aromatic N) is 3. The number of nitrogens with one attached hydrogen (secondary N) is 2. The van der Waals surface area contributed by atoms with Crippen LogP contribution in [-0.4, -0.2) is 55.7 Å². The number of morpholine rings is 1. The molecule has 2 aromatic rings. The van der Waals surface area contributed by atoms with Gasteiger partial charge in [0.15, 0.2) is 5.96 Å². The Balaban J connectivity index is 0.00000300. The molecule has 1 aliphatic heterocycles. The van der Waals surface area contributed by atoms with Crippen LogP contribution in [0.4, 0.5) is 0 Å². The lowest BCUT2D eigenvalue weighted by Gasteiger charge is -2.27. The Bertz CT molecular complexity index is 766. The quantitative estimate of drug-likeness (QED) is 0.250. The lowest BCUT2D eigenvalue weighted by Crippen LogP contribution is -2.38. The molecule has 158 valence electrons. The minimum Gasteiger partial charge on any atom is -0.379 e. The van der Waals surface area contributed by atoms with Gasteiger partial charge in [0.2, 0.25) is 0 Å². The van der Waals surface area contributed by atoms with E-state index in [1.165, 1.54) is 11.1 Å². The van der Waals surface area contributed by atoms with Crippen LogP contribution in [0.2, 0.25) is 5.15 Å². The van der Waals surface area contributed by atoms with Gasteiger partial charge in [-0.25, -0.2) is 4.98 Å². The van der Waals surface area contributed by atoms with Gasteiger partial charge in [0.25, 0.3) is 0 Å². The number of hydrogen-bond donors (Lipinski definition) is 2. The molecule has 3 rings (SSSR count). The predicted molar refractivity (Wildman–Crippen MR) is 129 cm³/mol. The summed E-state index contributed by atoms with van der Waals surface area (Å²) in [6.45, 7) is 6.09. The molecule has 0 spiro atoms. The third-order valence-corrected chi connectivity index (χ3v) is 5.00. The molecule has 0 radical (unpaired) electrons. The Morgan fingerprint density at radius 2 is 1.90 bits per heavy atom. The maximum atomic E-state index is 5.83. The van der Waals surface area contributed by atoms with Crippen molar-refractivity contribution >= 4 is 41.5 Å². The van der Waals surface area contributed by atoms with E-state index in [0.29, 0.717) is 5.15 Å². The van der Waals surface area contributed by atoms with Gasteiger partial charge in [0.1, 0.15) is 5.15 Å². The van der Waals surface area contributed by atoms with Crippen LogP contribution in [0, 0.1) is 0 Å². The maximum Gasteiger partial charge on any atom is 0.191 e. The molecular formula is C21H29ClIN5O. The van der Waals surface area contributed by atoms with E-state index in [0.717, 1.165) is 63.9 Å². The van der Waals surface area contributed by atoms with Gasteiger partial charge in [-0.3, -0.25) is 9.89 Å². The van der Waals surface area contributed by atoms with Gasteiger partial charge in [-0.05, 0) is 29.2 Å². The van der Waals surface area contributed by atoms with Crippen molar-refractivity contribution in [1.29, 1.82) is 0 Å². The SMILES string of the molecule is CN=C(NCCc1ccc(Cl)nc1)NCc1ccccc1CN1CCOCC1.I. The number of ether oxygens (including phenoxy) is 1. The lowest BCUT2D eigenvalue weighted by atomic mass is 10.1. The van der Waals surface area contributed by atoms with Gasteiger partial charge in [-0.2, -0.15) is 0 Å². The zero-order valence-electron chi connectivity index (χ0n) is 16.7. The summed E-state index contributed by atoms with van der Waals surface area (Å²) in [5.74, 6) is 0.795. The lowest BCUT2D eigenvalue weighted by molar-refractivity contribution is 0.0341. The number of aliphatic imine (C=N–C) groups is 1. The summed E-state index contributed by atoms with van der Waals surface area (Å²) < 4.78 is 5.45. The highest BCUT2D eigenvalue weighted by Crippen LogP contribution is 2.13. The molecule has 1 fully saturated rings. The first-order chi connectivity index (χ1) is 13.7. The molecular weight excluding hydrogens is 501 g/mol. The molecule has 1 saturated heterocycles. The molecule has 1 aromatic heterocycles. The minimum absolute atomic E-state index is 0. The largest absolute Gasteiger partial charge is 0.379 e. The van der Waals surface area contributed by atoms with E-state index in [2.05, 4.69) is 49.8 Å². The molecule has 0 bridgehead atoms. The van der Waals surface area contributed by atoms with Crippen LogP contribution in [0.5, 0.6) is 0 Å².